The second-order valence-electron chi connectivity index (χ2n) is 2.57. The van der Waals surface area contributed by atoms with Gasteiger partial charge in [0, 0.05) is 0 Å². The Balaban J connectivity index is 4.89. The third-order valence-corrected chi connectivity index (χ3v) is 1.40. The maximum atomic E-state index is 10.7. The molecule has 70 valence electrons. The lowest BCUT2D eigenvalue weighted by Crippen LogP contribution is -2.12. The van der Waals surface area contributed by atoms with Crippen molar-refractivity contribution >= 4 is 5.97 Å². The number of carboxylic acid groups (broad SMARTS) is 1. The summed E-state index contributed by atoms with van der Waals surface area (Å²) in [4.78, 5) is 10.7. The summed E-state index contributed by atoms with van der Waals surface area (Å²) >= 11 is 0. The van der Waals surface area contributed by atoms with E-state index in [0.29, 0.717) is 0 Å². The van der Waals surface area contributed by atoms with E-state index in [-0.39, 0.29) is 17.4 Å². The van der Waals surface area contributed by atoms with E-state index in [1.54, 1.807) is 13.8 Å². The van der Waals surface area contributed by atoms with Crippen LogP contribution < -0.4 is 0 Å². The second kappa shape index (κ2) is 4.64. The Bertz CT molecular complexity index is 187. The SMILES string of the molecule is COC(OC)=C(C(=O)O)C(C)C. The molecule has 0 heterocycles. The van der Waals surface area contributed by atoms with E-state index in [0.717, 1.165) is 0 Å². The minimum absolute atomic E-state index is 0.0671. The van der Waals surface area contributed by atoms with Crippen molar-refractivity contribution in [2.24, 2.45) is 5.92 Å². The van der Waals surface area contributed by atoms with Crippen LogP contribution in [0.15, 0.2) is 11.5 Å². The van der Waals surface area contributed by atoms with Crippen LogP contribution >= 0.6 is 0 Å². The number of hydrogen-bond acceptors (Lipinski definition) is 3. The third-order valence-electron chi connectivity index (χ3n) is 1.40. The van der Waals surface area contributed by atoms with Crippen molar-refractivity contribution in [1.29, 1.82) is 0 Å². The Hall–Kier alpha value is -1.19. The van der Waals surface area contributed by atoms with E-state index in [4.69, 9.17) is 14.6 Å². The fourth-order valence-corrected chi connectivity index (χ4v) is 0.873. The molecule has 0 aliphatic heterocycles. The van der Waals surface area contributed by atoms with Crippen molar-refractivity contribution in [2.45, 2.75) is 13.8 Å². The van der Waals surface area contributed by atoms with Gasteiger partial charge in [0.2, 0.25) is 0 Å². The highest BCUT2D eigenvalue weighted by atomic mass is 16.7. The molecule has 0 unspecified atom stereocenters. The van der Waals surface area contributed by atoms with Gasteiger partial charge in [0.25, 0.3) is 5.95 Å². The molecular weight excluding hydrogens is 160 g/mol. The molecule has 0 fully saturated rings. The summed E-state index contributed by atoms with van der Waals surface area (Å²) in [6.45, 7) is 3.53. The molecule has 0 rings (SSSR count). The highest BCUT2D eigenvalue weighted by Gasteiger charge is 2.19. The summed E-state index contributed by atoms with van der Waals surface area (Å²) in [7, 11) is 2.76. The van der Waals surface area contributed by atoms with Crippen LogP contribution in [0.1, 0.15) is 13.8 Å². The lowest BCUT2D eigenvalue weighted by Gasteiger charge is -2.11. The Kier molecular flexibility index (Phi) is 4.18. The number of hydrogen-bond donors (Lipinski definition) is 1. The topological polar surface area (TPSA) is 55.8 Å². The molecule has 0 aliphatic carbocycles. The van der Waals surface area contributed by atoms with Crippen LogP contribution in [0.4, 0.5) is 0 Å². The monoisotopic (exact) mass is 174 g/mol. The smallest absolute Gasteiger partial charge is 0.339 e. The van der Waals surface area contributed by atoms with Gasteiger partial charge in [0.05, 0.1) is 14.2 Å². The molecule has 0 bridgehead atoms. The van der Waals surface area contributed by atoms with E-state index < -0.39 is 5.97 Å². The van der Waals surface area contributed by atoms with Gasteiger partial charge in [-0.15, -0.1) is 0 Å². The van der Waals surface area contributed by atoms with Crippen molar-refractivity contribution < 1.29 is 19.4 Å². The predicted molar refractivity (Wildman–Crippen MR) is 43.5 cm³/mol. The number of carbonyl (C=O) groups is 1. The van der Waals surface area contributed by atoms with Crippen molar-refractivity contribution in [3.05, 3.63) is 11.5 Å². The highest BCUT2D eigenvalue weighted by Crippen LogP contribution is 2.15. The first-order valence-electron chi connectivity index (χ1n) is 3.60. The molecule has 0 radical (unpaired) electrons. The van der Waals surface area contributed by atoms with Gasteiger partial charge < -0.3 is 14.6 Å². The Morgan fingerprint density at radius 1 is 1.25 bits per heavy atom. The summed E-state index contributed by atoms with van der Waals surface area (Å²) < 4.78 is 9.52. The number of ether oxygens (including phenoxy) is 2. The molecule has 0 atom stereocenters. The molecule has 4 nitrogen and oxygen atoms in total. The standard InChI is InChI=1S/C8H14O4/c1-5(2)6(7(9)10)8(11-3)12-4/h5H,1-4H3,(H,9,10). The third kappa shape index (κ3) is 2.45. The van der Waals surface area contributed by atoms with Crippen molar-refractivity contribution in [2.75, 3.05) is 14.2 Å². The number of rotatable bonds is 4. The highest BCUT2D eigenvalue weighted by molar-refractivity contribution is 5.87. The average molecular weight is 174 g/mol. The van der Waals surface area contributed by atoms with Gasteiger partial charge in [-0.1, -0.05) is 13.8 Å². The van der Waals surface area contributed by atoms with Gasteiger partial charge in [0.15, 0.2) is 0 Å². The lowest BCUT2D eigenvalue weighted by atomic mass is 10.1. The quantitative estimate of drug-likeness (QED) is 0.514. The number of aliphatic carboxylic acids is 1. The molecule has 0 saturated heterocycles. The number of methoxy groups -OCH3 is 2. The molecular formula is C8H14O4. The Morgan fingerprint density at radius 3 is 1.75 bits per heavy atom. The fourth-order valence-electron chi connectivity index (χ4n) is 0.873. The number of carboxylic acids is 1. The first-order chi connectivity index (χ1) is 5.54. The van der Waals surface area contributed by atoms with Gasteiger partial charge in [-0.05, 0) is 5.92 Å². The summed E-state index contributed by atoms with van der Waals surface area (Å²) in [5.74, 6) is -1.07. The lowest BCUT2D eigenvalue weighted by molar-refractivity contribution is -0.134. The summed E-state index contributed by atoms with van der Waals surface area (Å²) in [5.41, 5.74) is 0.153. The Labute approximate surface area is 71.8 Å². The normalized spacial score (nSPS) is 9.42. The molecule has 0 amide bonds. The van der Waals surface area contributed by atoms with Crippen molar-refractivity contribution in [3.63, 3.8) is 0 Å². The van der Waals surface area contributed by atoms with Crippen molar-refractivity contribution in [1.82, 2.24) is 0 Å². The van der Waals surface area contributed by atoms with Crippen LogP contribution in [0, 0.1) is 5.92 Å². The first-order valence-corrected chi connectivity index (χ1v) is 3.60. The van der Waals surface area contributed by atoms with E-state index in [2.05, 4.69) is 0 Å². The van der Waals surface area contributed by atoms with Gasteiger partial charge in [-0.2, -0.15) is 0 Å². The minimum Gasteiger partial charge on any atom is -0.478 e. The summed E-state index contributed by atoms with van der Waals surface area (Å²) in [5, 5.41) is 8.76. The van der Waals surface area contributed by atoms with Gasteiger partial charge >= 0.3 is 5.97 Å². The molecule has 4 heteroatoms. The van der Waals surface area contributed by atoms with Crippen molar-refractivity contribution in [3.8, 4) is 0 Å². The van der Waals surface area contributed by atoms with Crippen LogP contribution in [0.25, 0.3) is 0 Å². The molecule has 0 aromatic heterocycles. The fraction of sp³-hybridized carbons (Fsp3) is 0.625. The maximum absolute atomic E-state index is 10.7. The molecule has 0 spiro atoms. The predicted octanol–water partition coefficient (Wildman–Crippen LogP) is 1.23. The average Bonchev–Trinajstić information content (AvgIpc) is 1.98. The minimum atomic E-state index is -1.01. The molecule has 0 aliphatic rings. The van der Waals surface area contributed by atoms with Crippen LogP contribution in [-0.2, 0) is 14.3 Å². The molecule has 1 N–H and O–H groups in total. The maximum Gasteiger partial charge on any atom is 0.339 e. The summed E-state index contributed by atoms with van der Waals surface area (Å²) in [6, 6.07) is 0. The van der Waals surface area contributed by atoms with E-state index in [1.807, 2.05) is 0 Å². The van der Waals surface area contributed by atoms with Gasteiger partial charge in [-0.25, -0.2) is 4.79 Å². The van der Waals surface area contributed by atoms with Crippen LogP contribution in [0.2, 0.25) is 0 Å². The van der Waals surface area contributed by atoms with E-state index in [1.165, 1.54) is 14.2 Å². The van der Waals surface area contributed by atoms with Gasteiger partial charge in [0.1, 0.15) is 5.57 Å². The van der Waals surface area contributed by atoms with Crippen LogP contribution in [-0.4, -0.2) is 25.3 Å². The zero-order valence-corrected chi connectivity index (χ0v) is 7.75. The van der Waals surface area contributed by atoms with E-state index in [9.17, 15) is 4.79 Å². The summed E-state index contributed by atoms with van der Waals surface area (Å²) in [6.07, 6.45) is 0. The van der Waals surface area contributed by atoms with Crippen LogP contribution in [0.5, 0.6) is 0 Å². The second-order valence-corrected chi connectivity index (χ2v) is 2.57. The molecule has 0 aromatic rings. The molecule has 12 heavy (non-hydrogen) atoms. The zero-order chi connectivity index (χ0) is 9.72. The van der Waals surface area contributed by atoms with Gasteiger partial charge in [-0.3, -0.25) is 0 Å². The first kappa shape index (κ1) is 10.8. The van der Waals surface area contributed by atoms with E-state index >= 15 is 0 Å². The largest absolute Gasteiger partial charge is 0.478 e. The molecule has 0 saturated carbocycles. The zero-order valence-electron chi connectivity index (χ0n) is 7.75. The Morgan fingerprint density at radius 2 is 1.67 bits per heavy atom. The molecule has 0 aromatic carbocycles. The van der Waals surface area contributed by atoms with Crippen LogP contribution in [0.3, 0.4) is 0 Å².